The van der Waals surface area contributed by atoms with Crippen molar-refractivity contribution in [1.82, 2.24) is 0 Å². The van der Waals surface area contributed by atoms with Crippen LogP contribution in [0, 0.1) is 0 Å². The van der Waals surface area contributed by atoms with Crippen molar-refractivity contribution in [1.29, 1.82) is 0 Å². The Labute approximate surface area is 66.5 Å². The Balaban J connectivity index is 3.21. The van der Waals surface area contributed by atoms with Crippen LogP contribution in [0.2, 0.25) is 4.34 Å². The summed E-state index contributed by atoms with van der Waals surface area (Å²) in [6, 6.07) is 2.46. The Bertz CT molecular complexity index is 329. The van der Waals surface area contributed by atoms with E-state index in [0.29, 0.717) is 11.3 Å². The molecule has 0 aliphatic carbocycles. The monoisotopic (exact) mass is 200 g/mol. The summed E-state index contributed by atoms with van der Waals surface area (Å²) in [5, 5.41) is 0. The van der Waals surface area contributed by atoms with Crippen molar-refractivity contribution in [3.8, 4) is 0 Å². The second-order valence-corrected chi connectivity index (χ2v) is 4.79. The predicted octanol–water partition coefficient (Wildman–Crippen LogP) is 2.06. The van der Waals surface area contributed by atoms with Gasteiger partial charge in [-0.1, -0.05) is 15.5 Å². The average molecular weight is 201 g/mol. The average Bonchev–Trinajstić information content (AvgIpc) is 2.11. The highest BCUT2D eigenvalue weighted by molar-refractivity contribution is 7.88. The SMILES string of the molecule is O=S(=O)(F)c1ccc(Cl)s1. The molecule has 1 aromatic heterocycles. The molecule has 0 aromatic carbocycles. The highest BCUT2D eigenvalue weighted by Crippen LogP contribution is 2.26. The van der Waals surface area contributed by atoms with Crippen LogP contribution in [-0.2, 0) is 10.2 Å². The van der Waals surface area contributed by atoms with Gasteiger partial charge in [0.1, 0.15) is 0 Å². The van der Waals surface area contributed by atoms with Crippen LogP contribution in [0.3, 0.4) is 0 Å². The molecule has 0 atom stereocenters. The Hall–Kier alpha value is -0.130. The van der Waals surface area contributed by atoms with E-state index >= 15 is 0 Å². The summed E-state index contributed by atoms with van der Waals surface area (Å²) in [4.78, 5) is 0. The van der Waals surface area contributed by atoms with Crippen molar-refractivity contribution < 1.29 is 12.3 Å². The third-order valence-corrected chi connectivity index (χ3v) is 3.28. The first kappa shape index (κ1) is 7.97. The third-order valence-electron chi connectivity index (χ3n) is 0.789. The first-order valence-electron chi connectivity index (χ1n) is 2.20. The van der Waals surface area contributed by atoms with Gasteiger partial charge in [-0.05, 0) is 12.1 Å². The molecular formula is C4H2ClFO2S2. The minimum absolute atomic E-state index is 0.260. The Morgan fingerprint density at radius 1 is 1.50 bits per heavy atom. The normalized spacial score (nSPS) is 11.8. The number of hydrogen-bond donors (Lipinski definition) is 0. The van der Waals surface area contributed by atoms with Crippen LogP contribution in [0.25, 0.3) is 0 Å². The molecule has 6 heteroatoms. The first-order chi connectivity index (χ1) is 4.50. The van der Waals surface area contributed by atoms with E-state index in [0.717, 1.165) is 6.07 Å². The van der Waals surface area contributed by atoms with E-state index in [1.54, 1.807) is 0 Å². The fourth-order valence-corrected chi connectivity index (χ4v) is 2.24. The Morgan fingerprint density at radius 3 is 2.30 bits per heavy atom. The maximum absolute atomic E-state index is 12.1. The summed E-state index contributed by atoms with van der Waals surface area (Å²) in [6.45, 7) is 0. The molecule has 0 spiro atoms. The lowest BCUT2D eigenvalue weighted by Crippen LogP contribution is -1.84. The second-order valence-electron chi connectivity index (χ2n) is 1.50. The van der Waals surface area contributed by atoms with Crippen molar-refractivity contribution >= 4 is 33.2 Å². The lowest BCUT2D eigenvalue weighted by molar-refractivity contribution is 0.554. The van der Waals surface area contributed by atoms with E-state index in [-0.39, 0.29) is 8.55 Å². The fourth-order valence-electron chi connectivity index (χ4n) is 0.429. The van der Waals surface area contributed by atoms with Crippen LogP contribution in [0.15, 0.2) is 16.3 Å². The van der Waals surface area contributed by atoms with Gasteiger partial charge in [-0.3, -0.25) is 0 Å². The zero-order valence-corrected chi connectivity index (χ0v) is 6.93. The van der Waals surface area contributed by atoms with Gasteiger partial charge >= 0.3 is 10.2 Å². The molecular weight excluding hydrogens is 199 g/mol. The number of halogens is 2. The molecule has 56 valence electrons. The van der Waals surface area contributed by atoms with Gasteiger partial charge in [-0.2, -0.15) is 8.42 Å². The van der Waals surface area contributed by atoms with Gasteiger partial charge in [0.15, 0.2) is 4.21 Å². The smallest absolute Gasteiger partial charge is 0.188 e. The van der Waals surface area contributed by atoms with Crippen molar-refractivity contribution in [2.45, 2.75) is 4.21 Å². The van der Waals surface area contributed by atoms with Crippen LogP contribution in [0.1, 0.15) is 0 Å². The fraction of sp³-hybridized carbons (Fsp3) is 0. The number of thiophene rings is 1. The highest BCUT2D eigenvalue weighted by atomic mass is 35.5. The molecule has 0 saturated heterocycles. The zero-order chi connectivity index (χ0) is 7.78. The quantitative estimate of drug-likeness (QED) is 0.651. The lowest BCUT2D eigenvalue weighted by atomic mass is 10.7. The maximum Gasteiger partial charge on any atom is 0.341 e. The molecule has 0 N–H and O–H groups in total. The van der Waals surface area contributed by atoms with E-state index in [1.807, 2.05) is 0 Å². The summed E-state index contributed by atoms with van der Waals surface area (Å²) in [6.07, 6.45) is 0. The molecule has 0 saturated carbocycles. The van der Waals surface area contributed by atoms with Gasteiger partial charge in [0, 0.05) is 0 Å². The standard InChI is InChI=1S/C4H2ClFO2S2/c5-3-1-2-4(9-3)10(6,7)8/h1-2H. The van der Waals surface area contributed by atoms with Gasteiger partial charge in [0.2, 0.25) is 0 Å². The Kier molecular flexibility index (Phi) is 1.98. The summed E-state index contributed by atoms with van der Waals surface area (Å²) >= 11 is 6.05. The van der Waals surface area contributed by atoms with Crippen molar-refractivity contribution in [2.24, 2.45) is 0 Å². The molecule has 0 amide bonds. The second kappa shape index (κ2) is 2.48. The summed E-state index contributed by atoms with van der Waals surface area (Å²) in [5.74, 6) is 0. The number of hydrogen-bond acceptors (Lipinski definition) is 3. The third kappa shape index (κ3) is 1.68. The van der Waals surface area contributed by atoms with Gasteiger partial charge in [0.25, 0.3) is 0 Å². The molecule has 0 fully saturated rings. The van der Waals surface area contributed by atoms with Crippen LogP contribution in [0.4, 0.5) is 3.89 Å². The van der Waals surface area contributed by atoms with E-state index in [4.69, 9.17) is 11.6 Å². The van der Waals surface area contributed by atoms with Crippen molar-refractivity contribution in [3.05, 3.63) is 16.5 Å². The molecule has 2 nitrogen and oxygen atoms in total. The molecule has 1 rings (SSSR count). The van der Waals surface area contributed by atoms with Crippen LogP contribution in [0.5, 0.6) is 0 Å². The lowest BCUT2D eigenvalue weighted by Gasteiger charge is -1.81. The van der Waals surface area contributed by atoms with E-state index in [9.17, 15) is 12.3 Å². The van der Waals surface area contributed by atoms with Gasteiger partial charge in [-0.25, -0.2) is 0 Å². The summed E-state index contributed by atoms with van der Waals surface area (Å²) in [5.41, 5.74) is 0. The van der Waals surface area contributed by atoms with Crippen molar-refractivity contribution in [2.75, 3.05) is 0 Å². The molecule has 0 aliphatic heterocycles. The summed E-state index contributed by atoms with van der Waals surface area (Å²) < 4.78 is 32.2. The van der Waals surface area contributed by atoms with Gasteiger partial charge in [0.05, 0.1) is 4.34 Å². The van der Waals surface area contributed by atoms with E-state index < -0.39 is 10.2 Å². The maximum atomic E-state index is 12.1. The van der Waals surface area contributed by atoms with Crippen molar-refractivity contribution in [3.63, 3.8) is 0 Å². The van der Waals surface area contributed by atoms with Crippen LogP contribution >= 0.6 is 22.9 Å². The van der Waals surface area contributed by atoms with Crippen LogP contribution < -0.4 is 0 Å². The van der Waals surface area contributed by atoms with E-state index in [1.165, 1.54) is 6.07 Å². The molecule has 0 bridgehead atoms. The minimum Gasteiger partial charge on any atom is -0.188 e. The largest absolute Gasteiger partial charge is 0.341 e. The minimum atomic E-state index is -4.55. The molecule has 0 aliphatic rings. The molecule has 1 aromatic rings. The molecule has 10 heavy (non-hydrogen) atoms. The molecule has 1 heterocycles. The molecule has 0 unspecified atom stereocenters. The zero-order valence-electron chi connectivity index (χ0n) is 4.54. The first-order valence-corrected chi connectivity index (χ1v) is 4.78. The number of rotatable bonds is 1. The molecule has 0 radical (unpaired) electrons. The van der Waals surface area contributed by atoms with Gasteiger partial charge in [-0.15, -0.1) is 11.3 Å². The van der Waals surface area contributed by atoms with E-state index in [2.05, 4.69) is 0 Å². The Morgan fingerprint density at radius 2 is 2.10 bits per heavy atom. The highest BCUT2D eigenvalue weighted by Gasteiger charge is 2.13. The predicted molar refractivity (Wildman–Crippen MR) is 37.6 cm³/mol. The topological polar surface area (TPSA) is 34.1 Å². The summed E-state index contributed by atoms with van der Waals surface area (Å²) in [7, 11) is -4.55. The van der Waals surface area contributed by atoms with Gasteiger partial charge < -0.3 is 0 Å². The van der Waals surface area contributed by atoms with Crippen LogP contribution in [-0.4, -0.2) is 8.42 Å².